The van der Waals surface area contributed by atoms with Gasteiger partial charge in [0.15, 0.2) is 0 Å². The van der Waals surface area contributed by atoms with E-state index in [0.29, 0.717) is 10.8 Å². The van der Waals surface area contributed by atoms with E-state index in [0.717, 1.165) is 23.4 Å². The second-order valence-electron chi connectivity index (χ2n) is 4.67. The van der Waals surface area contributed by atoms with Gasteiger partial charge in [0, 0.05) is 16.8 Å². The predicted molar refractivity (Wildman–Crippen MR) is 77.9 cm³/mol. The molecule has 3 nitrogen and oxygen atoms in total. The Kier molecular flexibility index (Phi) is 4.40. The molecule has 2 N–H and O–H groups in total. The summed E-state index contributed by atoms with van der Waals surface area (Å²) in [5.74, 6) is 1.48. The lowest BCUT2D eigenvalue weighted by Crippen LogP contribution is -2.18. The van der Waals surface area contributed by atoms with Gasteiger partial charge in [0.25, 0.3) is 0 Å². The van der Waals surface area contributed by atoms with E-state index in [9.17, 15) is 0 Å². The van der Waals surface area contributed by atoms with Crippen LogP contribution in [0, 0.1) is 6.92 Å². The molecule has 100 valence electrons. The van der Waals surface area contributed by atoms with Crippen molar-refractivity contribution < 1.29 is 4.74 Å². The lowest BCUT2D eigenvalue weighted by molar-refractivity contribution is 0.471. The summed E-state index contributed by atoms with van der Waals surface area (Å²) in [4.78, 5) is 4.21. The highest BCUT2D eigenvalue weighted by Gasteiger charge is 2.08. The second-order valence-corrected chi connectivity index (χ2v) is 5.11. The average Bonchev–Trinajstić information content (AvgIpc) is 2.34. The molecule has 1 aromatic carbocycles. The molecule has 0 amide bonds. The van der Waals surface area contributed by atoms with Crippen molar-refractivity contribution in [2.24, 2.45) is 5.73 Å². The van der Waals surface area contributed by atoms with Crippen LogP contribution < -0.4 is 10.5 Å². The highest BCUT2D eigenvalue weighted by Crippen LogP contribution is 2.28. The van der Waals surface area contributed by atoms with Gasteiger partial charge in [-0.1, -0.05) is 11.6 Å². The molecule has 0 bridgehead atoms. The van der Waals surface area contributed by atoms with Crippen molar-refractivity contribution in [3.8, 4) is 11.5 Å². The molecule has 0 aliphatic heterocycles. The molecule has 1 aromatic heterocycles. The zero-order chi connectivity index (χ0) is 13.8. The standard InChI is InChI=1S/C15H17ClN2O/c1-10(17)7-12-8-13(16)4-6-15(12)19-14-5-3-11(2)18-9-14/h3-6,8-10H,7,17H2,1-2H3. The van der Waals surface area contributed by atoms with Crippen LogP contribution in [-0.2, 0) is 6.42 Å². The summed E-state index contributed by atoms with van der Waals surface area (Å²) in [6.07, 6.45) is 2.43. The Bertz CT molecular complexity index is 553. The number of halogens is 1. The number of ether oxygens (including phenoxy) is 1. The average molecular weight is 277 g/mol. The molecule has 0 fully saturated rings. The minimum absolute atomic E-state index is 0.0527. The summed E-state index contributed by atoms with van der Waals surface area (Å²) >= 11 is 6.02. The van der Waals surface area contributed by atoms with Crippen LogP contribution in [0.1, 0.15) is 18.2 Å². The van der Waals surface area contributed by atoms with Gasteiger partial charge in [0.05, 0.1) is 6.20 Å². The lowest BCUT2D eigenvalue weighted by Gasteiger charge is -2.13. The molecular formula is C15H17ClN2O. The van der Waals surface area contributed by atoms with E-state index in [1.165, 1.54) is 0 Å². The lowest BCUT2D eigenvalue weighted by atomic mass is 10.1. The van der Waals surface area contributed by atoms with Gasteiger partial charge in [-0.05, 0) is 56.2 Å². The topological polar surface area (TPSA) is 48.1 Å². The van der Waals surface area contributed by atoms with Gasteiger partial charge in [0.1, 0.15) is 11.5 Å². The zero-order valence-corrected chi connectivity index (χ0v) is 11.8. The summed E-state index contributed by atoms with van der Waals surface area (Å²) in [6, 6.07) is 9.42. The Morgan fingerprint density at radius 3 is 2.74 bits per heavy atom. The second kappa shape index (κ2) is 6.04. The maximum atomic E-state index is 6.02. The smallest absolute Gasteiger partial charge is 0.145 e. The quantitative estimate of drug-likeness (QED) is 0.926. The van der Waals surface area contributed by atoms with E-state index in [2.05, 4.69) is 4.98 Å². The molecule has 0 spiro atoms. The molecule has 1 heterocycles. The first-order chi connectivity index (χ1) is 9.04. The number of benzene rings is 1. The summed E-state index contributed by atoms with van der Waals surface area (Å²) in [5.41, 5.74) is 7.81. The van der Waals surface area contributed by atoms with Crippen LogP contribution in [0.15, 0.2) is 36.5 Å². The van der Waals surface area contributed by atoms with E-state index >= 15 is 0 Å². The van der Waals surface area contributed by atoms with Gasteiger partial charge in [0.2, 0.25) is 0 Å². The van der Waals surface area contributed by atoms with E-state index in [4.69, 9.17) is 22.1 Å². The first kappa shape index (κ1) is 13.8. The number of nitrogens with two attached hydrogens (primary N) is 1. The van der Waals surface area contributed by atoms with Gasteiger partial charge >= 0.3 is 0 Å². The number of pyridine rings is 1. The van der Waals surface area contributed by atoms with Crippen molar-refractivity contribution in [1.82, 2.24) is 4.98 Å². The molecule has 0 aliphatic rings. The zero-order valence-electron chi connectivity index (χ0n) is 11.1. The number of aryl methyl sites for hydroxylation is 1. The largest absolute Gasteiger partial charge is 0.455 e. The molecule has 1 atom stereocenters. The van der Waals surface area contributed by atoms with Crippen molar-refractivity contribution in [3.63, 3.8) is 0 Å². The van der Waals surface area contributed by atoms with Gasteiger partial charge in [-0.25, -0.2) is 0 Å². The van der Waals surface area contributed by atoms with Crippen LogP contribution in [0.25, 0.3) is 0 Å². The Morgan fingerprint density at radius 1 is 1.32 bits per heavy atom. The Morgan fingerprint density at radius 2 is 2.11 bits per heavy atom. The van der Waals surface area contributed by atoms with Gasteiger partial charge < -0.3 is 10.5 Å². The molecule has 19 heavy (non-hydrogen) atoms. The molecule has 0 radical (unpaired) electrons. The number of hydrogen-bond donors (Lipinski definition) is 1. The third-order valence-corrected chi connectivity index (χ3v) is 2.91. The fourth-order valence-electron chi connectivity index (χ4n) is 1.80. The minimum Gasteiger partial charge on any atom is -0.455 e. The summed E-state index contributed by atoms with van der Waals surface area (Å²) in [7, 11) is 0. The van der Waals surface area contributed by atoms with Crippen LogP contribution in [-0.4, -0.2) is 11.0 Å². The van der Waals surface area contributed by atoms with Crippen LogP contribution in [0.5, 0.6) is 11.5 Å². The van der Waals surface area contributed by atoms with Gasteiger partial charge in [-0.3, -0.25) is 4.98 Å². The van der Waals surface area contributed by atoms with Crippen LogP contribution >= 0.6 is 11.6 Å². The third-order valence-electron chi connectivity index (χ3n) is 2.68. The van der Waals surface area contributed by atoms with Crippen molar-refractivity contribution in [2.45, 2.75) is 26.3 Å². The first-order valence-electron chi connectivity index (χ1n) is 6.19. The van der Waals surface area contributed by atoms with E-state index in [1.54, 1.807) is 6.20 Å². The molecule has 2 aromatic rings. The van der Waals surface area contributed by atoms with Crippen LogP contribution in [0.2, 0.25) is 5.02 Å². The molecule has 2 rings (SSSR count). The summed E-state index contributed by atoms with van der Waals surface area (Å²) in [6.45, 7) is 3.89. The third kappa shape index (κ3) is 3.94. The van der Waals surface area contributed by atoms with Gasteiger partial charge in [-0.15, -0.1) is 0 Å². The summed E-state index contributed by atoms with van der Waals surface area (Å²) < 4.78 is 5.84. The molecular weight excluding hydrogens is 260 g/mol. The SMILES string of the molecule is Cc1ccc(Oc2ccc(Cl)cc2CC(C)N)cn1. The maximum absolute atomic E-state index is 6.02. The van der Waals surface area contributed by atoms with Crippen molar-refractivity contribution in [1.29, 1.82) is 0 Å². The number of aromatic nitrogens is 1. The maximum Gasteiger partial charge on any atom is 0.145 e. The van der Waals surface area contributed by atoms with Crippen molar-refractivity contribution in [2.75, 3.05) is 0 Å². The Balaban J connectivity index is 2.26. The predicted octanol–water partition coefficient (Wildman–Crippen LogP) is 3.73. The molecule has 4 heteroatoms. The normalized spacial score (nSPS) is 12.2. The molecule has 0 saturated carbocycles. The fraction of sp³-hybridized carbons (Fsp3) is 0.267. The van der Waals surface area contributed by atoms with Crippen LogP contribution in [0.3, 0.4) is 0 Å². The summed E-state index contributed by atoms with van der Waals surface area (Å²) in [5, 5.41) is 0.685. The highest BCUT2D eigenvalue weighted by molar-refractivity contribution is 6.30. The number of nitrogens with zero attached hydrogens (tertiary/aromatic N) is 1. The fourth-order valence-corrected chi connectivity index (χ4v) is 1.99. The highest BCUT2D eigenvalue weighted by atomic mass is 35.5. The molecule has 0 saturated heterocycles. The van der Waals surface area contributed by atoms with E-state index in [1.807, 2.05) is 44.2 Å². The van der Waals surface area contributed by atoms with E-state index < -0.39 is 0 Å². The van der Waals surface area contributed by atoms with Crippen molar-refractivity contribution >= 4 is 11.6 Å². The van der Waals surface area contributed by atoms with E-state index in [-0.39, 0.29) is 6.04 Å². The monoisotopic (exact) mass is 276 g/mol. The Labute approximate surface area is 118 Å². The molecule has 1 unspecified atom stereocenters. The minimum atomic E-state index is 0.0527. The first-order valence-corrected chi connectivity index (χ1v) is 6.57. The van der Waals surface area contributed by atoms with Crippen molar-refractivity contribution in [3.05, 3.63) is 52.8 Å². The van der Waals surface area contributed by atoms with Gasteiger partial charge in [-0.2, -0.15) is 0 Å². The molecule has 0 aliphatic carbocycles. The number of hydrogen-bond acceptors (Lipinski definition) is 3. The van der Waals surface area contributed by atoms with Crippen LogP contribution in [0.4, 0.5) is 0 Å². The number of rotatable bonds is 4. The Hall–Kier alpha value is -1.58.